The van der Waals surface area contributed by atoms with Crippen LogP contribution in [-0.2, 0) is 4.79 Å². The van der Waals surface area contributed by atoms with Crippen molar-refractivity contribution >= 4 is 17.3 Å². The van der Waals surface area contributed by atoms with E-state index in [1.54, 1.807) is 6.07 Å². The molecule has 0 heterocycles. The summed E-state index contributed by atoms with van der Waals surface area (Å²) in [6, 6.07) is 4.53. The Kier molecular flexibility index (Phi) is 3.98. The average Bonchev–Trinajstić information content (AvgIpc) is 2.36. The molecule has 0 bridgehead atoms. The smallest absolute Gasteiger partial charge is 0.333 e. The van der Waals surface area contributed by atoms with Gasteiger partial charge in [0.25, 0.3) is 0 Å². The van der Waals surface area contributed by atoms with Crippen LogP contribution in [-0.4, -0.2) is 35.7 Å². The minimum absolute atomic E-state index is 0.0931. The standard InChI is InChI=1S/C12H16N2O5/c1-12(2,11(15)16)13(3)8-6-5-7-9(19-4)10(8)14(17)18/h5-7H,1-4H3,(H,15,16). The van der Waals surface area contributed by atoms with Crippen molar-refractivity contribution in [2.24, 2.45) is 0 Å². The zero-order chi connectivity index (χ0) is 14.8. The van der Waals surface area contributed by atoms with Gasteiger partial charge in [0.2, 0.25) is 0 Å². The summed E-state index contributed by atoms with van der Waals surface area (Å²) in [4.78, 5) is 23.1. The number of ether oxygens (including phenoxy) is 1. The Bertz CT molecular complexity index is 513. The molecule has 0 saturated heterocycles. The molecule has 19 heavy (non-hydrogen) atoms. The van der Waals surface area contributed by atoms with E-state index < -0.39 is 16.4 Å². The Hall–Kier alpha value is -2.31. The minimum atomic E-state index is -1.28. The predicted molar refractivity (Wildman–Crippen MR) is 69.8 cm³/mol. The Morgan fingerprint density at radius 3 is 2.47 bits per heavy atom. The van der Waals surface area contributed by atoms with Crippen LogP contribution in [0.2, 0.25) is 0 Å². The average molecular weight is 268 g/mol. The van der Waals surface area contributed by atoms with E-state index in [1.807, 2.05) is 0 Å². The topological polar surface area (TPSA) is 92.9 Å². The van der Waals surface area contributed by atoms with Gasteiger partial charge in [0.15, 0.2) is 5.75 Å². The number of rotatable bonds is 5. The molecule has 0 aliphatic rings. The van der Waals surface area contributed by atoms with Crippen molar-refractivity contribution < 1.29 is 19.6 Å². The first-order chi connectivity index (χ1) is 8.73. The Morgan fingerprint density at radius 2 is 2.05 bits per heavy atom. The SMILES string of the molecule is COc1cccc(N(C)C(C)(C)C(=O)O)c1[N+](=O)[O-]. The molecule has 0 aromatic heterocycles. The highest BCUT2D eigenvalue weighted by Gasteiger charge is 2.36. The summed E-state index contributed by atoms with van der Waals surface area (Å²) in [7, 11) is 2.82. The first-order valence-electron chi connectivity index (χ1n) is 5.52. The van der Waals surface area contributed by atoms with E-state index in [9.17, 15) is 20.0 Å². The lowest BCUT2D eigenvalue weighted by Gasteiger charge is -2.33. The number of anilines is 1. The van der Waals surface area contributed by atoms with Crippen molar-refractivity contribution in [3.63, 3.8) is 0 Å². The molecule has 0 radical (unpaired) electrons. The molecule has 0 fully saturated rings. The van der Waals surface area contributed by atoms with Crippen molar-refractivity contribution in [1.29, 1.82) is 0 Å². The molecule has 0 unspecified atom stereocenters. The molecule has 104 valence electrons. The van der Waals surface area contributed by atoms with Gasteiger partial charge in [-0.05, 0) is 26.0 Å². The van der Waals surface area contributed by atoms with E-state index in [0.29, 0.717) is 0 Å². The number of likely N-dealkylation sites (N-methyl/N-ethyl adjacent to an activating group) is 1. The van der Waals surface area contributed by atoms with Crippen LogP contribution in [0, 0.1) is 10.1 Å². The number of para-hydroxylation sites is 1. The second-order valence-corrected chi connectivity index (χ2v) is 4.51. The van der Waals surface area contributed by atoms with E-state index in [1.165, 1.54) is 45.0 Å². The van der Waals surface area contributed by atoms with Gasteiger partial charge in [-0.2, -0.15) is 0 Å². The lowest BCUT2D eigenvalue weighted by molar-refractivity contribution is -0.385. The van der Waals surface area contributed by atoms with E-state index in [4.69, 9.17) is 4.74 Å². The third-order valence-corrected chi connectivity index (χ3v) is 3.10. The maximum Gasteiger partial charge on any atom is 0.333 e. The number of methoxy groups -OCH3 is 1. The number of nitro groups is 1. The fraction of sp³-hybridized carbons (Fsp3) is 0.417. The van der Waals surface area contributed by atoms with E-state index in [2.05, 4.69) is 0 Å². The summed E-state index contributed by atoms with van der Waals surface area (Å²) in [5.41, 5.74) is -1.34. The number of benzene rings is 1. The summed E-state index contributed by atoms with van der Waals surface area (Å²) < 4.78 is 4.95. The molecule has 1 rings (SSSR count). The number of carbonyl (C=O) groups is 1. The van der Waals surface area contributed by atoms with Crippen LogP contribution in [0.3, 0.4) is 0 Å². The van der Waals surface area contributed by atoms with Crippen molar-refractivity contribution in [2.45, 2.75) is 19.4 Å². The molecule has 1 aromatic carbocycles. The highest BCUT2D eigenvalue weighted by atomic mass is 16.6. The molecule has 0 amide bonds. The van der Waals surface area contributed by atoms with Crippen LogP contribution in [0.15, 0.2) is 18.2 Å². The summed E-state index contributed by atoms with van der Waals surface area (Å²) >= 11 is 0. The number of nitro benzene ring substituents is 1. The molecule has 1 N–H and O–H groups in total. The predicted octanol–water partition coefficient (Wildman–Crippen LogP) is 1.90. The maximum atomic E-state index is 11.2. The molecular weight excluding hydrogens is 252 g/mol. The van der Waals surface area contributed by atoms with Gasteiger partial charge in [0.1, 0.15) is 11.2 Å². The first kappa shape index (κ1) is 14.7. The van der Waals surface area contributed by atoms with Gasteiger partial charge >= 0.3 is 11.7 Å². The summed E-state index contributed by atoms with van der Waals surface area (Å²) in [6.45, 7) is 2.94. The quantitative estimate of drug-likeness (QED) is 0.647. The van der Waals surface area contributed by atoms with Crippen LogP contribution in [0.4, 0.5) is 11.4 Å². The normalized spacial score (nSPS) is 10.9. The third-order valence-electron chi connectivity index (χ3n) is 3.10. The van der Waals surface area contributed by atoms with Crippen LogP contribution in [0.5, 0.6) is 5.75 Å². The Morgan fingerprint density at radius 1 is 1.47 bits per heavy atom. The van der Waals surface area contributed by atoms with E-state index >= 15 is 0 Å². The van der Waals surface area contributed by atoms with Gasteiger partial charge in [0.05, 0.1) is 12.0 Å². The molecule has 0 saturated carbocycles. The number of carboxylic acid groups (broad SMARTS) is 1. The molecule has 0 spiro atoms. The number of hydrogen-bond donors (Lipinski definition) is 1. The van der Waals surface area contributed by atoms with Gasteiger partial charge in [-0.15, -0.1) is 0 Å². The number of aliphatic carboxylic acids is 1. The van der Waals surface area contributed by atoms with Crippen molar-refractivity contribution in [2.75, 3.05) is 19.1 Å². The van der Waals surface area contributed by atoms with Gasteiger partial charge in [-0.1, -0.05) is 6.07 Å². The molecule has 0 atom stereocenters. The van der Waals surface area contributed by atoms with Crippen molar-refractivity contribution in [3.8, 4) is 5.75 Å². The zero-order valence-electron chi connectivity index (χ0n) is 11.2. The molecule has 0 aliphatic carbocycles. The molecular formula is C12H16N2O5. The fourth-order valence-electron chi connectivity index (χ4n) is 1.57. The number of nitrogens with zero attached hydrogens (tertiary/aromatic N) is 2. The highest BCUT2D eigenvalue weighted by Crippen LogP contribution is 2.38. The van der Waals surface area contributed by atoms with Crippen LogP contribution >= 0.6 is 0 Å². The second-order valence-electron chi connectivity index (χ2n) is 4.51. The van der Waals surface area contributed by atoms with Crippen molar-refractivity contribution in [1.82, 2.24) is 0 Å². The third kappa shape index (κ3) is 2.59. The summed E-state index contributed by atoms with van der Waals surface area (Å²) in [5.74, 6) is -0.984. The van der Waals surface area contributed by atoms with E-state index in [-0.39, 0.29) is 17.1 Å². The van der Waals surface area contributed by atoms with Gasteiger partial charge < -0.3 is 14.7 Å². The van der Waals surface area contributed by atoms with Gasteiger partial charge in [-0.3, -0.25) is 10.1 Å². The Labute approximate surface area is 110 Å². The molecule has 7 nitrogen and oxygen atoms in total. The van der Waals surface area contributed by atoms with Gasteiger partial charge in [-0.25, -0.2) is 4.79 Å². The minimum Gasteiger partial charge on any atom is -0.490 e. The monoisotopic (exact) mass is 268 g/mol. The summed E-state index contributed by atoms with van der Waals surface area (Å²) in [5, 5.41) is 20.3. The molecule has 0 aliphatic heterocycles. The molecule has 1 aromatic rings. The Balaban J connectivity index is 3.43. The lowest BCUT2D eigenvalue weighted by Crippen LogP contribution is -2.48. The van der Waals surface area contributed by atoms with Crippen molar-refractivity contribution in [3.05, 3.63) is 28.3 Å². The zero-order valence-corrected chi connectivity index (χ0v) is 11.2. The lowest BCUT2D eigenvalue weighted by atomic mass is 10.0. The number of carboxylic acids is 1. The second kappa shape index (κ2) is 5.13. The summed E-state index contributed by atoms with van der Waals surface area (Å²) in [6.07, 6.45) is 0. The fourth-order valence-corrected chi connectivity index (χ4v) is 1.57. The highest BCUT2D eigenvalue weighted by molar-refractivity contribution is 5.84. The van der Waals surface area contributed by atoms with Crippen LogP contribution in [0.25, 0.3) is 0 Å². The largest absolute Gasteiger partial charge is 0.490 e. The first-order valence-corrected chi connectivity index (χ1v) is 5.52. The van der Waals surface area contributed by atoms with Crippen LogP contribution < -0.4 is 9.64 Å². The maximum absolute atomic E-state index is 11.2. The van der Waals surface area contributed by atoms with Gasteiger partial charge in [0, 0.05) is 7.05 Å². The molecule has 7 heteroatoms. The number of hydrogen-bond acceptors (Lipinski definition) is 5. The van der Waals surface area contributed by atoms with Crippen LogP contribution in [0.1, 0.15) is 13.8 Å². The van der Waals surface area contributed by atoms with E-state index in [0.717, 1.165) is 0 Å².